The molecule has 1 aromatic heterocycles. The number of benzene rings is 1. The topological polar surface area (TPSA) is 55.2 Å². The Hall–Kier alpha value is -2.08. The zero-order valence-corrected chi connectivity index (χ0v) is 18.5. The zero-order chi connectivity index (χ0) is 20.8. The monoisotopic (exact) mass is 413 g/mol. The van der Waals surface area contributed by atoms with Crippen molar-refractivity contribution in [3.63, 3.8) is 0 Å². The molecular weight excluding hydrogens is 382 g/mol. The maximum absolute atomic E-state index is 13.1. The number of thioether (sulfide) groups is 1. The second-order valence-corrected chi connectivity index (χ2v) is 8.94. The normalized spacial score (nSPS) is 15.3. The van der Waals surface area contributed by atoms with E-state index in [0.717, 1.165) is 55.6 Å². The number of aromatic nitrogens is 2. The average molecular weight is 414 g/mol. The van der Waals surface area contributed by atoms with Crippen molar-refractivity contribution < 1.29 is 4.79 Å². The van der Waals surface area contributed by atoms with Gasteiger partial charge in [0.25, 0.3) is 5.56 Å². The van der Waals surface area contributed by atoms with Crippen LogP contribution >= 0.6 is 11.8 Å². The van der Waals surface area contributed by atoms with E-state index in [1.165, 1.54) is 18.2 Å². The molecule has 29 heavy (non-hydrogen) atoms. The highest BCUT2D eigenvalue weighted by atomic mass is 32.2. The fourth-order valence-electron chi connectivity index (χ4n) is 3.78. The third kappa shape index (κ3) is 5.30. The molecule has 0 bridgehead atoms. The number of hydrogen-bond donors (Lipinski definition) is 0. The van der Waals surface area contributed by atoms with Gasteiger partial charge in [0.15, 0.2) is 5.16 Å². The summed E-state index contributed by atoms with van der Waals surface area (Å²) in [6.07, 6.45) is 5.66. The van der Waals surface area contributed by atoms with Crippen LogP contribution in [0.4, 0.5) is 0 Å². The Labute approximate surface area is 177 Å². The number of hydrogen-bond acceptors (Lipinski definition) is 4. The van der Waals surface area contributed by atoms with Gasteiger partial charge in [0, 0.05) is 37.8 Å². The molecule has 2 aromatic rings. The van der Waals surface area contributed by atoms with Gasteiger partial charge in [-0.1, -0.05) is 55.4 Å². The van der Waals surface area contributed by atoms with Gasteiger partial charge in [-0.05, 0) is 38.2 Å². The van der Waals surface area contributed by atoms with Crippen molar-refractivity contribution >= 4 is 17.7 Å². The number of likely N-dealkylation sites (tertiary alicyclic amines) is 1. The fraction of sp³-hybridized carbons (Fsp3) is 0.522. The molecule has 0 radical (unpaired) electrons. The summed E-state index contributed by atoms with van der Waals surface area (Å²) in [5, 5.41) is 0.448. The SMILES string of the molecule is CCCC(Sc1nc(C)c(Cc2ccccc2)c(=O)n1C)C(=O)N1CCCCC1. The fourth-order valence-corrected chi connectivity index (χ4v) is 5.07. The summed E-state index contributed by atoms with van der Waals surface area (Å²) >= 11 is 1.45. The molecule has 1 amide bonds. The first-order chi connectivity index (χ1) is 14.0. The maximum Gasteiger partial charge on any atom is 0.257 e. The molecule has 5 nitrogen and oxygen atoms in total. The smallest absolute Gasteiger partial charge is 0.257 e. The highest BCUT2D eigenvalue weighted by Crippen LogP contribution is 2.27. The molecule has 1 fully saturated rings. The standard InChI is InChI=1S/C23H31N3O2S/c1-4-11-20(22(28)26-14-9-6-10-15-26)29-23-24-17(2)19(21(27)25(23)3)16-18-12-7-5-8-13-18/h5,7-8,12-13,20H,4,6,9-11,14-16H2,1-3H3. The lowest BCUT2D eigenvalue weighted by atomic mass is 10.1. The lowest BCUT2D eigenvalue weighted by Gasteiger charge is -2.30. The Kier molecular flexibility index (Phi) is 7.53. The summed E-state index contributed by atoms with van der Waals surface area (Å²) in [5.41, 5.74) is 2.54. The van der Waals surface area contributed by atoms with Gasteiger partial charge in [-0.15, -0.1) is 0 Å². The van der Waals surface area contributed by atoms with Crippen molar-refractivity contribution in [2.75, 3.05) is 13.1 Å². The molecule has 0 N–H and O–H groups in total. The minimum atomic E-state index is -0.185. The number of piperidine rings is 1. The van der Waals surface area contributed by atoms with Crippen LogP contribution in [-0.4, -0.2) is 38.7 Å². The van der Waals surface area contributed by atoms with E-state index in [9.17, 15) is 9.59 Å². The third-order valence-electron chi connectivity index (χ3n) is 5.52. The van der Waals surface area contributed by atoms with Crippen molar-refractivity contribution in [1.82, 2.24) is 14.5 Å². The summed E-state index contributed by atoms with van der Waals surface area (Å²) < 4.78 is 1.61. The molecule has 1 saturated heterocycles. The van der Waals surface area contributed by atoms with Gasteiger partial charge < -0.3 is 4.90 Å². The van der Waals surface area contributed by atoms with E-state index < -0.39 is 0 Å². The number of carbonyl (C=O) groups is 1. The Bertz CT molecular complexity index is 889. The molecule has 156 valence electrons. The van der Waals surface area contributed by atoms with E-state index in [1.54, 1.807) is 11.6 Å². The van der Waals surface area contributed by atoms with E-state index in [4.69, 9.17) is 4.98 Å². The molecule has 0 spiro atoms. The van der Waals surface area contributed by atoms with Gasteiger partial charge in [0.1, 0.15) is 0 Å². The first-order valence-electron chi connectivity index (χ1n) is 10.6. The third-order valence-corrected chi connectivity index (χ3v) is 6.81. The molecule has 1 atom stereocenters. The van der Waals surface area contributed by atoms with Crippen molar-refractivity contribution in [3.8, 4) is 0 Å². The predicted molar refractivity (Wildman–Crippen MR) is 118 cm³/mol. The van der Waals surface area contributed by atoms with Crippen LogP contribution in [0.3, 0.4) is 0 Å². The van der Waals surface area contributed by atoms with E-state index in [1.807, 2.05) is 42.2 Å². The van der Waals surface area contributed by atoms with E-state index in [2.05, 4.69) is 6.92 Å². The lowest BCUT2D eigenvalue weighted by molar-refractivity contribution is -0.131. The van der Waals surface area contributed by atoms with Crippen LogP contribution in [0.5, 0.6) is 0 Å². The van der Waals surface area contributed by atoms with E-state index in [0.29, 0.717) is 11.6 Å². The highest BCUT2D eigenvalue weighted by Gasteiger charge is 2.27. The van der Waals surface area contributed by atoms with Gasteiger partial charge >= 0.3 is 0 Å². The average Bonchev–Trinajstić information content (AvgIpc) is 2.75. The number of carbonyl (C=O) groups excluding carboxylic acids is 1. The van der Waals surface area contributed by atoms with Gasteiger partial charge in [-0.3, -0.25) is 14.2 Å². The van der Waals surface area contributed by atoms with Crippen LogP contribution in [-0.2, 0) is 18.3 Å². The molecular formula is C23H31N3O2S. The summed E-state index contributed by atoms with van der Waals surface area (Å²) in [4.78, 5) is 32.8. The molecule has 3 rings (SSSR count). The lowest BCUT2D eigenvalue weighted by Crippen LogP contribution is -2.41. The molecule has 1 aromatic carbocycles. The molecule has 1 aliphatic heterocycles. The minimum Gasteiger partial charge on any atom is -0.342 e. The summed E-state index contributed by atoms with van der Waals surface area (Å²) in [5.74, 6) is 0.191. The van der Waals surface area contributed by atoms with Gasteiger partial charge in [0.2, 0.25) is 5.91 Å². The predicted octanol–water partition coefficient (Wildman–Crippen LogP) is 3.95. The number of amides is 1. The van der Waals surface area contributed by atoms with Crippen LogP contribution in [0.2, 0.25) is 0 Å². The Morgan fingerprint density at radius 2 is 1.86 bits per heavy atom. The maximum atomic E-state index is 13.1. The summed E-state index contributed by atoms with van der Waals surface area (Å²) in [6, 6.07) is 9.98. The Morgan fingerprint density at radius 1 is 1.17 bits per heavy atom. The van der Waals surface area contributed by atoms with Gasteiger partial charge in [0.05, 0.1) is 5.25 Å². The van der Waals surface area contributed by atoms with Crippen molar-refractivity contribution in [3.05, 3.63) is 57.5 Å². The van der Waals surface area contributed by atoms with Crippen molar-refractivity contribution in [1.29, 1.82) is 0 Å². The summed E-state index contributed by atoms with van der Waals surface area (Å²) in [6.45, 7) is 5.69. The van der Waals surface area contributed by atoms with Crippen LogP contribution in [0.25, 0.3) is 0 Å². The van der Waals surface area contributed by atoms with Crippen molar-refractivity contribution in [2.24, 2.45) is 7.05 Å². The Morgan fingerprint density at radius 3 is 2.52 bits per heavy atom. The first-order valence-corrected chi connectivity index (χ1v) is 11.4. The van der Waals surface area contributed by atoms with Crippen LogP contribution in [0.15, 0.2) is 40.3 Å². The highest BCUT2D eigenvalue weighted by molar-refractivity contribution is 8.00. The van der Waals surface area contributed by atoms with E-state index >= 15 is 0 Å². The minimum absolute atomic E-state index is 0.0236. The second-order valence-electron chi connectivity index (χ2n) is 7.77. The molecule has 6 heteroatoms. The molecule has 0 aliphatic carbocycles. The van der Waals surface area contributed by atoms with Gasteiger partial charge in [-0.2, -0.15) is 0 Å². The first kappa shape index (κ1) is 21.6. The summed E-state index contributed by atoms with van der Waals surface area (Å²) in [7, 11) is 1.76. The van der Waals surface area contributed by atoms with E-state index in [-0.39, 0.29) is 16.7 Å². The number of aryl methyl sites for hydroxylation is 1. The van der Waals surface area contributed by atoms with Gasteiger partial charge in [-0.25, -0.2) is 4.98 Å². The van der Waals surface area contributed by atoms with Crippen LogP contribution < -0.4 is 5.56 Å². The largest absolute Gasteiger partial charge is 0.342 e. The quantitative estimate of drug-likeness (QED) is 0.509. The Balaban J connectivity index is 1.83. The number of rotatable bonds is 7. The molecule has 2 heterocycles. The second kappa shape index (κ2) is 10.1. The molecule has 1 unspecified atom stereocenters. The molecule has 1 aliphatic rings. The molecule has 0 saturated carbocycles. The zero-order valence-electron chi connectivity index (χ0n) is 17.7. The number of nitrogens with zero attached hydrogens (tertiary/aromatic N) is 3. The van der Waals surface area contributed by atoms with Crippen LogP contribution in [0, 0.1) is 6.92 Å². The van der Waals surface area contributed by atoms with Crippen LogP contribution in [0.1, 0.15) is 55.8 Å². The van der Waals surface area contributed by atoms with Crippen molar-refractivity contribution in [2.45, 2.75) is 62.8 Å².